The molecule has 2 rings (SSSR count). The van der Waals surface area contributed by atoms with E-state index in [2.05, 4.69) is 0 Å². The number of nitrogens with zero attached hydrogens (tertiary/aromatic N) is 1. The summed E-state index contributed by atoms with van der Waals surface area (Å²) in [5, 5.41) is 0. The quantitative estimate of drug-likeness (QED) is 0.548. The van der Waals surface area contributed by atoms with Gasteiger partial charge in [0.2, 0.25) is 11.8 Å². The molecular weight excluding hydrogens is 178 g/mol. The fraction of sp³-hybridized carbons (Fsp3) is 0.818. The lowest BCUT2D eigenvalue weighted by atomic mass is 10.0. The molecule has 0 radical (unpaired) electrons. The van der Waals surface area contributed by atoms with Crippen LogP contribution in [0.15, 0.2) is 0 Å². The molecule has 1 saturated heterocycles. The van der Waals surface area contributed by atoms with Crippen LogP contribution in [0.4, 0.5) is 0 Å². The van der Waals surface area contributed by atoms with Gasteiger partial charge in [0.25, 0.3) is 0 Å². The summed E-state index contributed by atoms with van der Waals surface area (Å²) >= 11 is 0. The highest BCUT2D eigenvalue weighted by atomic mass is 16.2. The molecule has 2 aliphatic rings. The molecule has 14 heavy (non-hydrogen) atoms. The number of carbonyl (C=O) groups excluding carboxylic acids is 2. The Bertz CT molecular complexity index is 301. The third-order valence-corrected chi connectivity index (χ3v) is 3.47. The predicted molar refractivity (Wildman–Crippen MR) is 52.4 cm³/mol. The average Bonchev–Trinajstić information content (AvgIpc) is 2.35. The molecule has 1 heterocycles. The van der Waals surface area contributed by atoms with Crippen molar-refractivity contribution in [1.29, 1.82) is 0 Å². The number of imide groups is 1. The van der Waals surface area contributed by atoms with Crippen LogP contribution in [0.1, 0.15) is 34.6 Å². The molecule has 0 aromatic rings. The summed E-state index contributed by atoms with van der Waals surface area (Å²) in [6, 6.07) is 0. The van der Waals surface area contributed by atoms with Gasteiger partial charge in [-0.1, -0.05) is 13.8 Å². The van der Waals surface area contributed by atoms with Crippen molar-refractivity contribution in [3.63, 3.8) is 0 Å². The van der Waals surface area contributed by atoms with Crippen LogP contribution in [0.3, 0.4) is 0 Å². The monoisotopic (exact) mass is 195 g/mol. The predicted octanol–water partition coefficient (Wildman–Crippen LogP) is 1.43. The molecule has 3 nitrogen and oxygen atoms in total. The van der Waals surface area contributed by atoms with Crippen molar-refractivity contribution < 1.29 is 9.59 Å². The molecule has 1 aliphatic heterocycles. The molecule has 3 heteroatoms. The first kappa shape index (κ1) is 9.69. The van der Waals surface area contributed by atoms with Crippen molar-refractivity contribution in [2.24, 2.45) is 17.3 Å². The van der Waals surface area contributed by atoms with Crippen molar-refractivity contribution in [3.05, 3.63) is 0 Å². The Labute approximate surface area is 84.5 Å². The summed E-state index contributed by atoms with van der Waals surface area (Å²) in [7, 11) is 0. The second-order valence-electron chi connectivity index (χ2n) is 5.96. The molecule has 0 aromatic carbocycles. The molecule has 2 fully saturated rings. The lowest BCUT2D eigenvalue weighted by molar-refractivity contribution is -0.148. The zero-order valence-corrected chi connectivity index (χ0v) is 9.42. The van der Waals surface area contributed by atoms with E-state index in [0.717, 1.165) is 0 Å². The largest absolute Gasteiger partial charge is 0.277 e. The van der Waals surface area contributed by atoms with Crippen LogP contribution in [0, 0.1) is 17.3 Å². The van der Waals surface area contributed by atoms with Crippen molar-refractivity contribution >= 4 is 11.8 Å². The summed E-state index contributed by atoms with van der Waals surface area (Å²) < 4.78 is 0. The highest BCUT2D eigenvalue weighted by molar-refractivity contribution is 6.10. The van der Waals surface area contributed by atoms with Gasteiger partial charge >= 0.3 is 0 Å². The molecule has 2 atom stereocenters. The number of hydrogen-bond donors (Lipinski definition) is 0. The summed E-state index contributed by atoms with van der Waals surface area (Å²) in [5.74, 6) is -0.0431. The number of piperidine rings is 1. The molecule has 0 N–H and O–H groups in total. The first-order chi connectivity index (χ1) is 6.19. The molecule has 2 unspecified atom stereocenters. The molecule has 2 amide bonds. The van der Waals surface area contributed by atoms with Gasteiger partial charge in [-0.15, -0.1) is 0 Å². The van der Waals surface area contributed by atoms with Crippen LogP contribution in [0.5, 0.6) is 0 Å². The van der Waals surface area contributed by atoms with Gasteiger partial charge in [0.15, 0.2) is 0 Å². The number of likely N-dealkylation sites (tertiary alicyclic amines) is 1. The third kappa shape index (κ3) is 0.928. The first-order valence-electron chi connectivity index (χ1n) is 5.07. The maximum Gasteiger partial charge on any atom is 0.234 e. The summed E-state index contributed by atoms with van der Waals surface area (Å²) in [5.41, 5.74) is -0.451. The summed E-state index contributed by atoms with van der Waals surface area (Å²) in [6.07, 6.45) is 0. The van der Waals surface area contributed by atoms with Crippen LogP contribution in [-0.2, 0) is 9.59 Å². The molecular formula is C11H17NO2. The number of carbonyl (C=O) groups is 2. The smallest absolute Gasteiger partial charge is 0.234 e. The Balaban J connectivity index is 2.31. The Kier molecular flexibility index (Phi) is 1.53. The van der Waals surface area contributed by atoms with Gasteiger partial charge in [-0.3, -0.25) is 14.5 Å². The minimum atomic E-state index is -0.363. The summed E-state index contributed by atoms with van der Waals surface area (Å²) in [6.45, 7) is 9.71. The second kappa shape index (κ2) is 2.20. The molecule has 0 spiro atoms. The van der Waals surface area contributed by atoms with E-state index < -0.39 is 0 Å². The van der Waals surface area contributed by atoms with E-state index in [4.69, 9.17) is 0 Å². The van der Waals surface area contributed by atoms with Crippen LogP contribution < -0.4 is 0 Å². The normalized spacial score (nSPS) is 34.8. The van der Waals surface area contributed by atoms with E-state index >= 15 is 0 Å². The zero-order valence-electron chi connectivity index (χ0n) is 9.42. The van der Waals surface area contributed by atoms with E-state index in [1.807, 2.05) is 34.6 Å². The van der Waals surface area contributed by atoms with E-state index in [1.165, 1.54) is 4.90 Å². The Morgan fingerprint density at radius 2 is 1.43 bits per heavy atom. The van der Waals surface area contributed by atoms with Crippen molar-refractivity contribution in [2.45, 2.75) is 40.2 Å². The second-order valence-corrected chi connectivity index (χ2v) is 5.96. The molecule has 1 aliphatic carbocycles. The Morgan fingerprint density at radius 3 is 1.71 bits per heavy atom. The Hall–Kier alpha value is -0.860. The SMILES string of the molecule is CC1(C)C2C(=O)N(C(C)(C)C)C(=O)C21. The van der Waals surface area contributed by atoms with Gasteiger partial charge in [0.05, 0.1) is 11.8 Å². The highest BCUT2D eigenvalue weighted by Crippen LogP contribution is 2.64. The van der Waals surface area contributed by atoms with Crippen LogP contribution in [0.2, 0.25) is 0 Å². The van der Waals surface area contributed by atoms with Crippen LogP contribution >= 0.6 is 0 Å². The highest BCUT2D eigenvalue weighted by Gasteiger charge is 2.73. The van der Waals surface area contributed by atoms with Gasteiger partial charge in [0.1, 0.15) is 0 Å². The van der Waals surface area contributed by atoms with E-state index in [1.54, 1.807) is 0 Å². The molecule has 78 valence electrons. The maximum absolute atomic E-state index is 11.9. The van der Waals surface area contributed by atoms with Crippen LogP contribution in [0.25, 0.3) is 0 Å². The first-order valence-corrected chi connectivity index (χ1v) is 5.07. The van der Waals surface area contributed by atoms with E-state index in [9.17, 15) is 9.59 Å². The van der Waals surface area contributed by atoms with E-state index in [-0.39, 0.29) is 34.6 Å². The summed E-state index contributed by atoms with van der Waals surface area (Å²) in [4.78, 5) is 25.3. The molecule has 0 aromatic heterocycles. The van der Waals surface area contributed by atoms with E-state index in [0.29, 0.717) is 0 Å². The fourth-order valence-electron chi connectivity index (χ4n) is 2.61. The number of fused-ring (bicyclic) bond motifs is 1. The van der Waals surface area contributed by atoms with Crippen molar-refractivity contribution in [3.8, 4) is 0 Å². The lowest BCUT2D eigenvalue weighted by Crippen LogP contribution is -2.48. The number of hydrogen-bond acceptors (Lipinski definition) is 2. The molecule has 0 bridgehead atoms. The minimum Gasteiger partial charge on any atom is -0.277 e. The number of rotatable bonds is 0. The Morgan fingerprint density at radius 1 is 1.07 bits per heavy atom. The topological polar surface area (TPSA) is 37.4 Å². The molecule has 1 saturated carbocycles. The van der Waals surface area contributed by atoms with Gasteiger partial charge in [-0.2, -0.15) is 0 Å². The van der Waals surface area contributed by atoms with Gasteiger partial charge in [-0.05, 0) is 26.2 Å². The average molecular weight is 195 g/mol. The third-order valence-electron chi connectivity index (χ3n) is 3.47. The minimum absolute atomic E-state index is 0.0255. The lowest BCUT2D eigenvalue weighted by Gasteiger charge is -2.32. The maximum atomic E-state index is 11.9. The van der Waals surface area contributed by atoms with Gasteiger partial charge in [-0.25, -0.2) is 0 Å². The van der Waals surface area contributed by atoms with Gasteiger partial charge < -0.3 is 0 Å². The number of amides is 2. The van der Waals surface area contributed by atoms with Crippen LogP contribution in [-0.4, -0.2) is 22.3 Å². The van der Waals surface area contributed by atoms with Crippen molar-refractivity contribution in [1.82, 2.24) is 4.90 Å². The zero-order chi connectivity index (χ0) is 10.9. The fourth-order valence-corrected chi connectivity index (χ4v) is 2.61. The standard InChI is InChI=1S/C11H17NO2/c1-10(2,3)12-8(13)6-7(9(12)14)11(6,4)5/h6-7H,1-5H3. The van der Waals surface area contributed by atoms with Gasteiger partial charge in [0, 0.05) is 5.54 Å². The van der Waals surface area contributed by atoms with Crippen molar-refractivity contribution in [2.75, 3.05) is 0 Å².